The highest BCUT2D eigenvalue weighted by atomic mass is 79.9. The molecule has 0 aromatic heterocycles. The fraction of sp³-hybridized carbons (Fsp3) is 0.400. The Morgan fingerprint density at radius 2 is 2.11 bits per heavy atom. The van der Waals surface area contributed by atoms with E-state index in [2.05, 4.69) is 20.7 Å². The number of ether oxygens (including phenoxy) is 1. The van der Waals surface area contributed by atoms with Crippen molar-refractivity contribution >= 4 is 31.6 Å². The Morgan fingerprint density at radius 1 is 1.39 bits per heavy atom. The van der Waals surface area contributed by atoms with E-state index in [1.54, 1.807) is 6.07 Å². The van der Waals surface area contributed by atoms with E-state index in [4.69, 9.17) is 15.6 Å². The minimum Gasteiger partial charge on any atom is -0.398 e. The Kier molecular flexibility index (Phi) is 6.03. The van der Waals surface area contributed by atoms with Gasteiger partial charge in [0.25, 0.3) is 0 Å². The van der Waals surface area contributed by atoms with Crippen LogP contribution in [0, 0.1) is 0 Å². The van der Waals surface area contributed by atoms with Crippen molar-refractivity contribution in [2.45, 2.75) is 4.90 Å². The van der Waals surface area contributed by atoms with Crippen molar-refractivity contribution in [2.75, 3.05) is 32.1 Å². The highest BCUT2D eigenvalue weighted by Crippen LogP contribution is 2.22. The number of aliphatic hydroxyl groups is 1. The van der Waals surface area contributed by atoms with E-state index < -0.39 is 10.0 Å². The van der Waals surface area contributed by atoms with Crippen molar-refractivity contribution in [2.24, 2.45) is 0 Å². The Labute approximate surface area is 114 Å². The quantitative estimate of drug-likeness (QED) is 0.491. The van der Waals surface area contributed by atoms with Crippen LogP contribution >= 0.6 is 15.9 Å². The van der Waals surface area contributed by atoms with Crippen LogP contribution in [0.3, 0.4) is 0 Å². The van der Waals surface area contributed by atoms with Crippen molar-refractivity contribution in [3.8, 4) is 0 Å². The van der Waals surface area contributed by atoms with Crippen LogP contribution in [-0.4, -0.2) is 39.9 Å². The Bertz CT molecular complexity index is 493. The molecule has 1 rings (SSSR count). The van der Waals surface area contributed by atoms with Gasteiger partial charge in [0.15, 0.2) is 0 Å². The minimum atomic E-state index is -3.58. The fourth-order valence-electron chi connectivity index (χ4n) is 1.19. The molecule has 4 N–H and O–H groups in total. The maximum atomic E-state index is 11.8. The summed E-state index contributed by atoms with van der Waals surface area (Å²) in [4.78, 5) is 0.102. The molecule has 0 aliphatic heterocycles. The molecule has 0 unspecified atom stereocenters. The molecule has 8 heteroatoms. The van der Waals surface area contributed by atoms with Crippen molar-refractivity contribution < 1.29 is 18.3 Å². The van der Waals surface area contributed by atoms with Crippen LogP contribution < -0.4 is 10.5 Å². The molecule has 18 heavy (non-hydrogen) atoms. The van der Waals surface area contributed by atoms with E-state index in [1.165, 1.54) is 12.1 Å². The van der Waals surface area contributed by atoms with Crippen molar-refractivity contribution in [1.29, 1.82) is 0 Å². The molecule has 6 nitrogen and oxygen atoms in total. The molecule has 0 aliphatic carbocycles. The molecule has 0 fully saturated rings. The Balaban J connectivity index is 2.60. The first-order valence-electron chi connectivity index (χ1n) is 5.20. The summed E-state index contributed by atoms with van der Waals surface area (Å²) in [6, 6.07) is 4.41. The summed E-state index contributed by atoms with van der Waals surface area (Å²) in [5, 5.41) is 8.48. The van der Waals surface area contributed by atoms with Gasteiger partial charge in [-0.05, 0) is 34.1 Å². The first-order chi connectivity index (χ1) is 8.47. The number of anilines is 1. The average Bonchev–Trinajstić information content (AvgIpc) is 2.32. The first kappa shape index (κ1) is 15.4. The predicted octanol–water partition coefficient (Wildman–Crippen LogP) is 0.319. The lowest BCUT2D eigenvalue weighted by Crippen LogP contribution is -2.27. The van der Waals surface area contributed by atoms with Gasteiger partial charge in [0.1, 0.15) is 0 Å². The summed E-state index contributed by atoms with van der Waals surface area (Å²) >= 11 is 3.19. The number of nitrogens with one attached hydrogen (secondary N) is 1. The van der Waals surface area contributed by atoms with Crippen LogP contribution in [0.2, 0.25) is 0 Å². The topological polar surface area (TPSA) is 102 Å². The zero-order chi connectivity index (χ0) is 13.6. The lowest BCUT2D eigenvalue weighted by atomic mass is 10.3. The smallest absolute Gasteiger partial charge is 0.240 e. The van der Waals surface area contributed by atoms with Gasteiger partial charge in [-0.2, -0.15) is 0 Å². The third-order valence-electron chi connectivity index (χ3n) is 2.05. The zero-order valence-electron chi connectivity index (χ0n) is 9.60. The maximum absolute atomic E-state index is 11.8. The second kappa shape index (κ2) is 7.05. The van der Waals surface area contributed by atoms with Crippen LogP contribution in [0.25, 0.3) is 0 Å². The summed E-state index contributed by atoms with van der Waals surface area (Å²) < 4.78 is 31.7. The number of hydrogen-bond donors (Lipinski definition) is 3. The predicted molar refractivity (Wildman–Crippen MR) is 71.6 cm³/mol. The number of hydrogen-bond acceptors (Lipinski definition) is 5. The molecule has 0 bridgehead atoms. The number of halogens is 1. The molecule has 1 aromatic rings. The summed E-state index contributed by atoms with van der Waals surface area (Å²) in [7, 11) is -3.58. The number of rotatable bonds is 7. The van der Waals surface area contributed by atoms with E-state index in [-0.39, 0.29) is 31.3 Å². The molecule has 0 heterocycles. The van der Waals surface area contributed by atoms with Crippen LogP contribution in [0.5, 0.6) is 0 Å². The van der Waals surface area contributed by atoms with Crippen molar-refractivity contribution in [1.82, 2.24) is 4.72 Å². The normalized spacial score (nSPS) is 11.7. The second-order valence-electron chi connectivity index (χ2n) is 3.42. The van der Waals surface area contributed by atoms with E-state index in [0.717, 1.165) is 0 Å². The molecule has 102 valence electrons. The summed E-state index contributed by atoms with van der Waals surface area (Å²) in [5.74, 6) is 0. The maximum Gasteiger partial charge on any atom is 0.240 e. The molecule has 1 aromatic carbocycles. The van der Waals surface area contributed by atoms with Gasteiger partial charge in [-0.15, -0.1) is 0 Å². The molecule has 0 atom stereocenters. The summed E-state index contributed by atoms with van der Waals surface area (Å²) in [6.07, 6.45) is 0. The average molecular weight is 339 g/mol. The number of nitrogens with two attached hydrogens (primary N) is 1. The SMILES string of the molecule is Nc1cc(S(=O)(=O)NCCOCCO)ccc1Br. The molecule has 0 spiro atoms. The first-order valence-corrected chi connectivity index (χ1v) is 7.48. The van der Waals surface area contributed by atoms with Crippen LogP contribution in [0.1, 0.15) is 0 Å². The highest BCUT2D eigenvalue weighted by molar-refractivity contribution is 9.10. The highest BCUT2D eigenvalue weighted by Gasteiger charge is 2.14. The molecule has 0 saturated carbocycles. The molecule has 0 aliphatic rings. The lowest BCUT2D eigenvalue weighted by Gasteiger charge is -2.08. The minimum absolute atomic E-state index is 0.0873. The summed E-state index contributed by atoms with van der Waals surface area (Å²) in [5.41, 5.74) is 5.98. The van der Waals surface area contributed by atoms with E-state index in [1.807, 2.05) is 0 Å². The molecule has 0 saturated heterocycles. The Morgan fingerprint density at radius 3 is 2.72 bits per heavy atom. The third kappa shape index (κ3) is 4.54. The monoisotopic (exact) mass is 338 g/mol. The molecular weight excluding hydrogens is 324 g/mol. The molecule has 0 radical (unpaired) electrons. The van der Waals surface area contributed by atoms with Crippen molar-refractivity contribution in [3.63, 3.8) is 0 Å². The van der Waals surface area contributed by atoms with Crippen molar-refractivity contribution in [3.05, 3.63) is 22.7 Å². The summed E-state index contributed by atoms with van der Waals surface area (Å²) in [6.45, 7) is 0.438. The third-order valence-corrected chi connectivity index (χ3v) is 4.23. The van der Waals surface area contributed by atoms with Crippen LogP contribution in [0.15, 0.2) is 27.6 Å². The van der Waals surface area contributed by atoms with Gasteiger partial charge in [0.2, 0.25) is 10.0 Å². The van der Waals surface area contributed by atoms with Gasteiger partial charge in [0, 0.05) is 16.7 Å². The van der Waals surface area contributed by atoms with Crippen LogP contribution in [0.4, 0.5) is 5.69 Å². The van der Waals surface area contributed by atoms with Gasteiger partial charge in [-0.25, -0.2) is 13.1 Å². The number of nitrogen functional groups attached to an aromatic ring is 1. The lowest BCUT2D eigenvalue weighted by molar-refractivity contribution is 0.0961. The van der Waals surface area contributed by atoms with Gasteiger partial charge < -0.3 is 15.6 Å². The molecular formula is C10H15BrN2O4S. The largest absolute Gasteiger partial charge is 0.398 e. The number of benzene rings is 1. The van der Waals surface area contributed by atoms with Gasteiger partial charge in [-0.1, -0.05) is 0 Å². The molecule has 0 amide bonds. The van der Waals surface area contributed by atoms with E-state index in [9.17, 15) is 8.42 Å². The van der Waals surface area contributed by atoms with Gasteiger partial charge in [0.05, 0.1) is 24.7 Å². The van der Waals surface area contributed by atoms with Crippen LogP contribution in [-0.2, 0) is 14.8 Å². The van der Waals surface area contributed by atoms with Gasteiger partial charge in [-0.3, -0.25) is 0 Å². The number of sulfonamides is 1. The second-order valence-corrected chi connectivity index (χ2v) is 6.04. The zero-order valence-corrected chi connectivity index (χ0v) is 12.0. The van der Waals surface area contributed by atoms with E-state index >= 15 is 0 Å². The standard InChI is InChI=1S/C10H15BrN2O4S/c11-9-2-1-8(7-10(9)12)18(15,16)13-3-5-17-6-4-14/h1-2,7,13-14H,3-6,12H2. The Hall–Kier alpha value is -0.670. The number of aliphatic hydroxyl groups excluding tert-OH is 1. The fourth-order valence-corrected chi connectivity index (χ4v) is 2.48. The van der Waals surface area contributed by atoms with E-state index in [0.29, 0.717) is 10.2 Å². The van der Waals surface area contributed by atoms with Gasteiger partial charge >= 0.3 is 0 Å².